The number of carbonyl (C=O) groups is 3. The Hall–Kier alpha value is -1.63. The van der Waals surface area contributed by atoms with Crippen LogP contribution in [0.3, 0.4) is 0 Å². The van der Waals surface area contributed by atoms with Crippen molar-refractivity contribution in [1.82, 2.24) is 10.6 Å². The van der Waals surface area contributed by atoms with Crippen LogP contribution in [0.5, 0.6) is 0 Å². The number of ether oxygens (including phenoxy) is 1. The van der Waals surface area contributed by atoms with Crippen molar-refractivity contribution in [3.8, 4) is 0 Å². The molecule has 3 atom stereocenters. The highest BCUT2D eigenvalue weighted by Crippen LogP contribution is 2.17. The second-order valence-electron chi connectivity index (χ2n) is 7.22. The molecule has 0 radical (unpaired) electrons. The van der Waals surface area contributed by atoms with Crippen molar-refractivity contribution in [2.24, 2.45) is 5.92 Å². The van der Waals surface area contributed by atoms with Crippen molar-refractivity contribution in [2.45, 2.75) is 70.9 Å². The van der Waals surface area contributed by atoms with Gasteiger partial charge in [-0.05, 0) is 39.5 Å². The summed E-state index contributed by atoms with van der Waals surface area (Å²) in [6.45, 7) is 5.40. The highest BCUT2D eigenvalue weighted by molar-refractivity contribution is 5.96. The van der Waals surface area contributed by atoms with E-state index in [4.69, 9.17) is 4.74 Å². The number of imide groups is 1. The minimum absolute atomic E-state index is 0.157. The van der Waals surface area contributed by atoms with Crippen LogP contribution in [0.1, 0.15) is 58.8 Å². The lowest BCUT2D eigenvalue weighted by Gasteiger charge is -2.32. The van der Waals surface area contributed by atoms with Crippen LogP contribution in [0.4, 0.5) is 4.79 Å². The fourth-order valence-corrected chi connectivity index (χ4v) is 3.82. The predicted molar refractivity (Wildman–Crippen MR) is 93.1 cm³/mol. The van der Waals surface area contributed by atoms with Gasteiger partial charge in [-0.2, -0.15) is 0 Å². The van der Waals surface area contributed by atoms with E-state index in [9.17, 15) is 14.4 Å². The third kappa shape index (κ3) is 5.99. The first-order chi connectivity index (χ1) is 12.0. The molecule has 0 bridgehead atoms. The lowest BCUT2D eigenvalue weighted by atomic mass is 9.96. The van der Waals surface area contributed by atoms with E-state index in [0.717, 1.165) is 50.0 Å². The summed E-state index contributed by atoms with van der Waals surface area (Å²) in [6.07, 6.45) is 7.12. The molecule has 0 spiro atoms. The van der Waals surface area contributed by atoms with Crippen molar-refractivity contribution in [2.75, 3.05) is 19.7 Å². The maximum atomic E-state index is 12.4. The zero-order chi connectivity index (χ0) is 18.2. The van der Waals surface area contributed by atoms with E-state index < -0.39 is 6.03 Å². The molecule has 142 valence electrons. The molecule has 3 amide bonds. The summed E-state index contributed by atoms with van der Waals surface area (Å²) in [5.74, 6) is -0.620. The summed E-state index contributed by atoms with van der Waals surface area (Å²) in [6, 6.07) is -0.594. The SMILES string of the molecule is CCOC(=O)[C@@H]1CCC[NH+]([C@@H](C)C(=O)NC(=O)NC2CCCCC2)C1. The van der Waals surface area contributed by atoms with E-state index in [1.54, 1.807) is 6.92 Å². The van der Waals surface area contributed by atoms with E-state index in [1.165, 1.54) is 6.42 Å². The van der Waals surface area contributed by atoms with Crippen LogP contribution >= 0.6 is 0 Å². The molecule has 2 rings (SSSR count). The number of piperidine rings is 1. The molecular weight excluding hydrogens is 322 g/mol. The summed E-state index contributed by atoms with van der Waals surface area (Å²) < 4.78 is 5.10. The Morgan fingerprint density at radius 1 is 1.12 bits per heavy atom. The van der Waals surface area contributed by atoms with Crippen LogP contribution in [0.25, 0.3) is 0 Å². The molecule has 7 nitrogen and oxygen atoms in total. The number of urea groups is 1. The molecule has 0 aromatic rings. The first-order valence-corrected chi connectivity index (χ1v) is 9.63. The second kappa shape index (κ2) is 9.75. The molecule has 1 saturated heterocycles. The smallest absolute Gasteiger partial charge is 0.321 e. The van der Waals surface area contributed by atoms with E-state index in [0.29, 0.717) is 13.2 Å². The van der Waals surface area contributed by atoms with Gasteiger partial charge in [0.1, 0.15) is 5.92 Å². The first-order valence-electron chi connectivity index (χ1n) is 9.63. The predicted octanol–water partition coefficient (Wildman–Crippen LogP) is 0.391. The van der Waals surface area contributed by atoms with E-state index in [2.05, 4.69) is 10.6 Å². The Morgan fingerprint density at radius 3 is 2.52 bits per heavy atom. The van der Waals surface area contributed by atoms with Crippen LogP contribution in [-0.4, -0.2) is 49.7 Å². The first kappa shape index (κ1) is 19.7. The number of nitrogens with one attached hydrogen (secondary N) is 3. The number of esters is 1. The summed E-state index contributed by atoms with van der Waals surface area (Å²) in [4.78, 5) is 37.4. The number of hydrogen-bond acceptors (Lipinski definition) is 4. The van der Waals surface area contributed by atoms with Crippen molar-refractivity contribution in [3.05, 3.63) is 0 Å². The Morgan fingerprint density at radius 2 is 1.84 bits per heavy atom. The van der Waals surface area contributed by atoms with E-state index >= 15 is 0 Å². The Labute approximate surface area is 149 Å². The topological polar surface area (TPSA) is 88.9 Å². The van der Waals surface area contributed by atoms with Gasteiger partial charge in [-0.25, -0.2) is 4.79 Å². The quantitative estimate of drug-likeness (QED) is 0.623. The maximum absolute atomic E-state index is 12.4. The van der Waals surface area contributed by atoms with E-state index in [-0.39, 0.29) is 29.9 Å². The monoisotopic (exact) mass is 354 g/mol. The summed E-state index contributed by atoms with van der Waals surface area (Å²) >= 11 is 0. The molecule has 2 fully saturated rings. The van der Waals surface area contributed by atoms with Crippen molar-refractivity contribution >= 4 is 17.9 Å². The number of amides is 3. The molecule has 7 heteroatoms. The molecule has 1 heterocycles. The molecule has 1 aliphatic carbocycles. The average Bonchev–Trinajstić information content (AvgIpc) is 2.62. The molecule has 25 heavy (non-hydrogen) atoms. The van der Waals surface area contributed by atoms with Gasteiger partial charge in [0.15, 0.2) is 6.04 Å². The lowest BCUT2D eigenvalue weighted by molar-refractivity contribution is -0.921. The Bertz CT molecular complexity index is 477. The Balaban J connectivity index is 1.79. The lowest BCUT2D eigenvalue weighted by Crippen LogP contribution is -3.18. The highest BCUT2D eigenvalue weighted by Gasteiger charge is 2.35. The highest BCUT2D eigenvalue weighted by atomic mass is 16.5. The van der Waals surface area contributed by atoms with Gasteiger partial charge in [0, 0.05) is 6.04 Å². The third-order valence-electron chi connectivity index (χ3n) is 5.36. The zero-order valence-corrected chi connectivity index (χ0v) is 15.4. The standard InChI is InChI=1S/C18H31N3O4/c1-3-25-17(23)14-8-7-11-21(12-14)13(2)16(22)20-18(24)19-15-9-5-4-6-10-15/h13-15H,3-12H2,1-2H3,(H2,19,20,22,24)/p+1/t13-,14+/m0/s1. The fraction of sp³-hybridized carbons (Fsp3) is 0.833. The molecule has 3 N–H and O–H groups in total. The second-order valence-corrected chi connectivity index (χ2v) is 7.22. The summed E-state index contributed by atoms with van der Waals surface area (Å²) in [5.41, 5.74) is 0. The average molecular weight is 354 g/mol. The van der Waals surface area contributed by atoms with Crippen molar-refractivity contribution in [3.63, 3.8) is 0 Å². The molecule has 1 unspecified atom stereocenters. The van der Waals surface area contributed by atoms with Gasteiger partial charge in [-0.1, -0.05) is 19.3 Å². The van der Waals surface area contributed by atoms with E-state index in [1.807, 2.05) is 6.92 Å². The van der Waals surface area contributed by atoms with Gasteiger partial charge >= 0.3 is 12.0 Å². The normalized spacial score (nSPS) is 25.7. The molecule has 0 aromatic heterocycles. The van der Waals surface area contributed by atoms with Crippen molar-refractivity contribution < 1.29 is 24.0 Å². The third-order valence-corrected chi connectivity index (χ3v) is 5.36. The molecule has 1 aliphatic heterocycles. The number of hydrogen-bond donors (Lipinski definition) is 3. The summed E-state index contributed by atoms with van der Waals surface area (Å²) in [7, 11) is 0. The Kier molecular flexibility index (Phi) is 7.68. The number of rotatable bonds is 5. The number of quaternary nitrogens is 1. The summed E-state index contributed by atoms with van der Waals surface area (Å²) in [5, 5.41) is 5.36. The van der Waals surface area contributed by atoms with Crippen LogP contribution in [0.15, 0.2) is 0 Å². The minimum Gasteiger partial charge on any atom is -0.466 e. The maximum Gasteiger partial charge on any atom is 0.321 e. The largest absolute Gasteiger partial charge is 0.466 e. The fourth-order valence-electron chi connectivity index (χ4n) is 3.82. The van der Waals surface area contributed by atoms with Gasteiger partial charge < -0.3 is 15.0 Å². The minimum atomic E-state index is -0.401. The molecule has 2 aliphatic rings. The van der Waals surface area contributed by atoms with Gasteiger partial charge in [0.05, 0.1) is 19.7 Å². The molecule has 0 aromatic carbocycles. The van der Waals surface area contributed by atoms with Crippen LogP contribution < -0.4 is 15.5 Å². The van der Waals surface area contributed by atoms with Gasteiger partial charge in [0.25, 0.3) is 5.91 Å². The van der Waals surface area contributed by atoms with Crippen LogP contribution in [0.2, 0.25) is 0 Å². The number of carbonyl (C=O) groups excluding carboxylic acids is 3. The van der Waals surface area contributed by atoms with Gasteiger partial charge in [-0.15, -0.1) is 0 Å². The van der Waals surface area contributed by atoms with Crippen molar-refractivity contribution in [1.29, 1.82) is 0 Å². The number of likely N-dealkylation sites (tertiary alicyclic amines) is 1. The van der Waals surface area contributed by atoms with Gasteiger partial charge in [-0.3, -0.25) is 14.9 Å². The van der Waals surface area contributed by atoms with Crippen LogP contribution in [0, 0.1) is 5.92 Å². The zero-order valence-electron chi connectivity index (χ0n) is 15.4. The molecule has 1 saturated carbocycles. The van der Waals surface area contributed by atoms with Gasteiger partial charge in [0.2, 0.25) is 0 Å². The molecular formula is C18H32N3O4+. The van der Waals surface area contributed by atoms with Crippen LogP contribution in [-0.2, 0) is 14.3 Å².